The molecule has 41 heavy (non-hydrogen) atoms. The molecule has 9 nitrogen and oxygen atoms in total. The molecule has 4 aromatic rings. The number of hydrogen-bond donors (Lipinski definition) is 1. The Kier molecular flexibility index (Phi) is 8.95. The van der Waals surface area contributed by atoms with Crippen molar-refractivity contribution in [1.29, 1.82) is 0 Å². The SMILES string of the molecule is COc1ccc(Cl)cc1N(CC(=O)NC(c1ccccc1)c1cccc(C)c1)S(=O)(=O)c1ccc(C)c([N+](=O)[O-])c1. The third kappa shape index (κ3) is 6.67. The maximum Gasteiger partial charge on any atom is 0.273 e. The first-order valence-corrected chi connectivity index (χ1v) is 14.3. The van der Waals surface area contributed by atoms with Crippen molar-refractivity contribution in [2.75, 3.05) is 18.0 Å². The van der Waals surface area contributed by atoms with Crippen molar-refractivity contribution < 1.29 is 22.9 Å². The zero-order chi connectivity index (χ0) is 29.7. The van der Waals surface area contributed by atoms with Gasteiger partial charge in [-0.1, -0.05) is 77.8 Å². The molecule has 1 N–H and O–H groups in total. The van der Waals surface area contributed by atoms with Crippen LogP contribution in [-0.2, 0) is 14.8 Å². The number of nitro benzene ring substituents is 1. The largest absolute Gasteiger partial charge is 0.495 e. The van der Waals surface area contributed by atoms with Crippen molar-refractivity contribution in [3.8, 4) is 5.75 Å². The Bertz CT molecular complexity index is 1700. The number of nitrogens with one attached hydrogen (secondary N) is 1. The van der Waals surface area contributed by atoms with Crippen molar-refractivity contribution >= 4 is 38.9 Å². The predicted octanol–water partition coefficient (Wildman–Crippen LogP) is 5.97. The van der Waals surface area contributed by atoms with Gasteiger partial charge in [-0.2, -0.15) is 0 Å². The number of nitro groups is 1. The van der Waals surface area contributed by atoms with Crippen LogP contribution in [0, 0.1) is 24.0 Å². The summed E-state index contributed by atoms with van der Waals surface area (Å²) >= 11 is 6.23. The smallest absolute Gasteiger partial charge is 0.273 e. The molecule has 0 fully saturated rings. The molecule has 0 aliphatic carbocycles. The van der Waals surface area contributed by atoms with E-state index in [1.165, 1.54) is 44.4 Å². The lowest BCUT2D eigenvalue weighted by atomic mass is 9.97. The van der Waals surface area contributed by atoms with Crippen LogP contribution in [0.15, 0.2) is 95.9 Å². The number of ether oxygens (including phenoxy) is 1. The fraction of sp³-hybridized carbons (Fsp3) is 0.167. The topological polar surface area (TPSA) is 119 Å². The van der Waals surface area contributed by atoms with Crippen LogP contribution in [0.5, 0.6) is 5.75 Å². The molecular weight excluding hydrogens is 566 g/mol. The molecule has 0 spiro atoms. The van der Waals surface area contributed by atoms with E-state index in [4.69, 9.17) is 16.3 Å². The van der Waals surface area contributed by atoms with Crippen LogP contribution >= 0.6 is 11.6 Å². The van der Waals surface area contributed by atoms with Crippen molar-refractivity contribution in [3.05, 3.63) is 128 Å². The fourth-order valence-electron chi connectivity index (χ4n) is 4.42. The van der Waals surface area contributed by atoms with Crippen LogP contribution in [0.25, 0.3) is 0 Å². The summed E-state index contributed by atoms with van der Waals surface area (Å²) in [5, 5.41) is 14.7. The molecule has 0 radical (unpaired) electrons. The number of hydrogen-bond acceptors (Lipinski definition) is 6. The van der Waals surface area contributed by atoms with Crippen molar-refractivity contribution in [2.45, 2.75) is 24.8 Å². The number of methoxy groups -OCH3 is 1. The summed E-state index contributed by atoms with van der Waals surface area (Å²) < 4.78 is 34.3. The van der Waals surface area contributed by atoms with Crippen molar-refractivity contribution in [2.24, 2.45) is 0 Å². The highest BCUT2D eigenvalue weighted by Crippen LogP contribution is 2.36. The van der Waals surface area contributed by atoms with Crippen molar-refractivity contribution in [3.63, 3.8) is 0 Å². The third-order valence-corrected chi connectivity index (χ3v) is 8.47. The van der Waals surface area contributed by atoms with E-state index in [-0.39, 0.29) is 27.0 Å². The van der Waals surface area contributed by atoms with E-state index in [1.807, 2.05) is 61.5 Å². The maximum atomic E-state index is 14.0. The van der Waals surface area contributed by atoms with Gasteiger partial charge < -0.3 is 10.1 Å². The highest BCUT2D eigenvalue weighted by molar-refractivity contribution is 7.92. The second kappa shape index (κ2) is 12.4. The minimum Gasteiger partial charge on any atom is -0.495 e. The summed E-state index contributed by atoms with van der Waals surface area (Å²) in [4.78, 5) is 24.2. The molecule has 1 unspecified atom stereocenters. The molecule has 0 bridgehead atoms. The van der Waals surface area contributed by atoms with Gasteiger partial charge in [-0.25, -0.2) is 8.42 Å². The number of anilines is 1. The fourth-order valence-corrected chi connectivity index (χ4v) is 6.03. The van der Waals surface area contributed by atoms with Gasteiger partial charge in [-0.3, -0.25) is 19.2 Å². The summed E-state index contributed by atoms with van der Waals surface area (Å²) in [6, 6.07) is 24.3. The summed E-state index contributed by atoms with van der Waals surface area (Å²) in [5.41, 5.74) is 2.54. The molecule has 4 aromatic carbocycles. The lowest BCUT2D eigenvalue weighted by Crippen LogP contribution is -2.42. The molecule has 1 amide bonds. The van der Waals surface area contributed by atoms with Gasteiger partial charge in [-0.15, -0.1) is 0 Å². The van der Waals surface area contributed by atoms with Crippen molar-refractivity contribution in [1.82, 2.24) is 5.32 Å². The summed E-state index contributed by atoms with van der Waals surface area (Å²) in [7, 11) is -3.16. The van der Waals surface area contributed by atoms with Crippen LogP contribution in [0.1, 0.15) is 28.3 Å². The highest BCUT2D eigenvalue weighted by Gasteiger charge is 2.32. The molecule has 4 rings (SSSR count). The summed E-state index contributed by atoms with van der Waals surface area (Å²) in [5.74, 6) is -0.474. The van der Waals surface area contributed by atoms with Crippen LogP contribution in [0.3, 0.4) is 0 Å². The van der Waals surface area contributed by atoms with Crippen LogP contribution in [0.4, 0.5) is 11.4 Å². The predicted molar refractivity (Wildman–Crippen MR) is 158 cm³/mol. The first kappa shape index (κ1) is 29.6. The van der Waals surface area contributed by atoms with Gasteiger partial charge in [0.2, 0.25) is 5.91 Å². The Hall–Kier alpha value is -4.41. The van der Waals surface area contributed by atoms with Gasteiger partial charge in [0, 0.05) is 16.7 Å². The summed E-state index contributed by atoms with van der Waals surface area (Å²) in [6.07, 6.45) is 0. The molecule has 0 saturated heterocycles. The minimum atomic E-state index is -4.51. The Balaban J connectivity index is 1.79. The third-order valence-electron chi connectivity index (χ3n) is 6.48. The molecule has 0 heterocycles. The van der Waals surface area contributed by atoms with Crippen LogP contribution < -0.4 is 14.4 Å². The first-order valence-electron chi connectivity index (χ1n) is 12.5. The highest BCUT2D eigenvalue weighted by atomic mass is 35.5. The van der Waals surface area contributed by atoms with Gasteiger partial charge in [0.1, 0.15) is 12.3 Å². The first-order chi connectivity index (χ1) is 19.5. The number of sulfonamides is 1. The zero-order valence-electron chi connectivity index (χ0n) is 22.6. The number of halogens is 1. The average Bonchev–Trinajstić information content (AvgIpc) is 2.95. The number of carbonyl (C=O) groups is 1. The van der Waals surface area contributed by atoms with Gasteiger partial charge >= 0.3 is 0 Å². The lowest BCUT2D eigenvalue weighted by Gasteiger charge is -2.27. The molecule has 11 heteroatoms. The van der Waals surface area contributed by atoms with E-state index in [9.17, 15) is 23.3 Å². The monoisotopic (exact) mass is 593 g/mol. The second-order valence-corrected chi connectivity index (χ2v) is 11.7. The van der Waals surface area contributed by atoms with Gasteiger partial charge in [0.05, 0.1) is 28.7 Å². The zero-order valence-corrected chi connectivity index (χ0v) is 24.1. The molecule has 0 aliphatic rings. The van der Waals surface area contributed by atoms with Crippen LogP contribution in [0.2, 0.25) is 5.02 Å². The Labute approximate surface area is 243 Å². The second-order valence-electron chi connectivity index (χ2n) is 9.36. The van der Waals surface area contributed by atoms with Gasteiger partial charge in [0.15, 0.2) is 0 Å². The normalized spacial score (nSPS) is 11.9. The number of rotatable bonds is 10. The van der Waals surface area contributed by atoms with E-state index in [2.05, 4.69) is 5.32 Å². The Morgan fingerprint density at radius 3 is 2.34 bits per heavy atom. The number of carbonyl (C=O) groups excluding carboxylic acids is 1. The molecule has 0 saturated carbocycles. The number of nitrogens with zero attached hydrogens (tertiary/aromatic N) is 2. The molecular formula is C30H28ClN3O6S. The number of aryl methyl sites for hydroxylation is 2. The minimum absolute atomic E-state index is 0.00481. The van der Waals surface area contributed by atoms with E-state index in [0.717, 1.165) is 27.1 Å². The van der Waals surface area contributed by atoms with E-state index < -0.39 is 33.4 Å². The van der Waals surface area contributed by atoms with Gasteiger partial charge in [-0.05, 0) is 49.2 Å². The van der Waals surface area contributed by atoms with Gasteiger partial charge in [0.25, 0.3) is 15.7 Å². The standard InChI is InChI=1S/C30H28ClN3O6S/c1-20-8-7-11-23(16-20)30(22-9-5-4-6-10-22)32-29(35)19-33(27-17-24(31)13-15-28(27)40-3)41(38,39)25-14-12-21(2)26(18-25)34(36)37/h4-18,30H,19H2,1-3H3,(H,32,35). The van der Waals surface area contributed by atoms with E-state index >= 15 is 0 Å². The quantitative estimate of drug-likeness (QED) is 0.179. The molecule has 212 valence electrons. The molecule has 0 aromatic heterocycles. The van der Waals surface area contributed by atoms with Crippen LogP contribution in [-0.4, -0.2) is 32.9 Å². The van der Waals surface area contributed by atoms with E-state index in [1.54, 1.807) is 0 Å². The average molecular weight is 594 g/mol. The number of amides is 1. The Morgan fingerprint density at radius 2 is 1.68 bits per heavy atom. The Morgan fingerprint density at radius 1 is 0.976 bits per heavy atom. The molecule has 1 atom stereocenters. The maximum absolute atomic E-state index is 14.0. The molecule has 0 aliphatic heterocycles. The van der Waals surface area contributed by atoms with E-state index in [0.29, 0.717) is 5.56 Å². The summed E-state index contributed by atoms with van der Waals surface area (Å²) in [6.45, 7) is 2.79. The lowest BCUT2D eigenvalue weighted by molar-refractivity contribution is -0.385. The number of benzene rings is 4.